The molecule has 2 heterocycles. The van der Waals surface area contributed by atoms with Crippen LogP contribution in [0.4, 0.5) is 5.69 Å². The standard InChI is InChI=1S/C26H24ClN3O3/c1-32-23-12-6-7-13-24(23)33-15-14-29-22-11-5-3-9-20(22)28-26(29)18-16-25(31)30(17-18)21-10-4-2-8-19(21)27/h2-13,18H,14-17H2,1H3. The molecule has 0 bridgehead atoms. The zero-order chi connectivity index (χ0) is 22.8. The highest BCUT2D eigenvalue weighted by molar-refractivity contribution is 6.33. The Morgan fingerprint density at radius 1 is 1.00 bits per heavy atom. The van der Waals surface area contributed by atoms with E-state index in [0.29, 0.717) is 42.6 Å². The van der Waals surface area contributed by atoms with Crippen molar-refractivity contribution in [3.63, 3.8) is 0 Å². The topological polar surface area (TPSA) is 56.6 Å². The van der Waals surface area contributed by atoms with Crippen molar-refractivity contribution < 1.29 is 14.3 Å². The van der Waals surface area contributed by atoms with Gasteiger partial charge in [0.2, 0.25) is 5.91 Å². The van der Waals surface area contributed by atoms with Crippen molar-refractivity contribution in [1.82, 2.24) is 9.55 Å². The summed E-state index contributed by atoms with van der Waals surface area (Å²) >= 11 is 6.37. The number of halogens is 1. The molecule has 1 aromatic heterocycles. The number of anilines is 1. The highest BCUT2D eigenvalue weighted by atomic mass is 35.5. The number of imidazole rings is 1. The van der Waals surface area contributed by atoms with Crippen molar-refractivity contribution in [2.24, 2.45) is 0 Å². The molecule has 168 valence electrons. The summed E-state index contributed by atoms with van der Waals surface area (Å²) in [6.07, 6.45) is 0.391. The van der Waals surface area contributed by atoms with Gasteiger partial charge in [-0.2, -0.15) is 0 Å². The van der Waals surface area contributed by atoms with Crippen molar-refractivity contribution in [2.75, 3.05) is 25.2 Å². The highest BCUT2D eigenvalue weighted by Gasteiger charge is 2.35. The molecular formula is C26H24ClN3O3. The van der Waals surface area contributed by atoms with Gasteiger partial charge in [-0.15, -0.1) is 0 Å². The third-order valence-electron chi connectivity index (χ3n) is 5.96. The maximum absolute atomic E-state index is 12.9. The van der Waals surface area contributed by atoms with Crippen LogP contribution in [0.2, 0.25) is 5.02 Å². The molecule has 1 atom stereocenters. The lowest BCUT2D eigenvalue weighted by molar-refractivity contribution is -0.117. The molecular weight excluding hydrogens is 438 g/mol. The first-order valence-corrected chi connectivity index (χ1v) is 11.3. The molecule has 7 heteroatoms. The lowest BCUT2D eigenvalue weighted by atomic mass is 10.1. The number of nitrogens with zero attached hydrogens (tertiary/aromatic N) is 3. The Kier molecular flexibility index (Phi) is 5.92. The van der Waals surface area contributed by atoms with Gasteiger partial charge in [0.15, 0.2) is 11.5 Å². The van der Waals surface area contributed by atoms with Crippen LogP contribution < -0.4 is 14.4 Å². The first kappa shape index (κ1) is 21.3. The van der Waals surface area contributed by atoms with Gasteiger partial charge < -0.3 is 18.9 Å². The maximum Gasteiger partial charge on any atom is 0.227 e. The van der Waals surface area contributed by atoms with Crippen LogP contribution in [0.1, 0.15) is 18.2 Å². The van der Waals surface area contributed by atoms with E-state index in [4.69, 9.17) is 26.1 Å². The number of hydrogen-bond donors (Lipinski definition) is 0. The maximum atomic E-state index is 12.9. The van der Waals surface area contributed by atoms with E-state index in [2.05, 4.69) is 10.6 Å². The van der Waals surface area contributed by atoms with E-state index >= 15 is 0 Å². The second kappa shape index (κ2) is 9.16. The molecule has 6 nitrogen and oxygen atoms in total. The predicted octanol–water partition coefficient (Wildman–Crippen LogP) is 5.30. The highest BCUT2D eigenvalue weighted by Crippen LogP contribution is 2.36. The number of carbonyl (C=O) groups is 1. The van der Waals surface area contributed by atoms with Crippen LogP contribution in [0.25, 0.3) is 11.0 Å². The minimum absolute atomic E-state index is 0.0348. The zero-order valence-corrected chi connectivity index (χ0v) is 19.0. The number of fused-ring (bicyclic) bond motifs is 1. The average Bonchev–Trinajstić information content (AvgIpc) is 3.40. The van der Waals surface area contributed by atoms with E-state index in [9.17, 15) is 4.79 Å². The van der Waals surface area contributed by atoms with Crippen molar-refractivity contribution in [3.05, 3.63) is 83.6 Å². The summed E-state index contributed by atoms with van der Waals surface area (Å²) in [4.78, 5) is 19.6. The fraction of sp³-hybridized carbons (Fsp3) is 0.231. The monoisotopic (exact) mass is 461 g/mol. The molecule has 1 amide bonds. The Bertz CT molecular complexity index is 1300. The van der Waals surface area contributed by atoms with Gasteiger partial charge in [0.05, 0.1) is 35.4 Å². The molecule has 3 aromatic carbocycles. The third kappa shape index (κ3) is 4.14. The van der Waals surface area contributed by atoms with Crippen LogP contribution in [0.15, 0.2) is 72.8 Å². The van der Waals surface area contributed by atoms with Crippen LogP contribution in [0.5, 0.6) is 11.5 Å². The number of ether oxygens (including phenoxy) is 2. The lowest BCUT2D eigenvalue weighted by Gasteiger charge is -2.18. The molecule has 1 unspecified atom stereocenters. The summed E-state index contributed by atoms with van der Waals surface area (Å²) in [5.74, 6) is 2.31. The van der Waals surface area contributed by atoms with E-state index in [1.165, 1.54) is 0 Å². The Labute approximate surface area is 197 Å². The van der Waals surface area contributed by atoms with Gasteiger partial charge in [0.1, 0.15) is 12.4 Å². The van der Waals surface area contributed by atoms with Gasteiger partial charge in [0.25, 0.3) is 0 Å². The van der Waals surface area contributed by atoms with Crippen molar-refractivity contribution >= 4 is 34.2 Å². The van der Waals surface area contributed by atoms with Gasteiger partial charge in [0, 0.05) is 18.9 Å². The average molecular weight is 462 g/mol. The second-order valence-corrected chi connectivity index (χ2v) is 8.37. The number of para-hydroxylation sites is 5. The van der Waals surface area contributed by atoms with E-state index in [1.54, 1.807) is 12.0 Å². The molecule has 1 saturated heterocycles. The van der Waals surface area contributed by atoms with Crippen LogP contribution >= 0.6 is 11.6 Å². The summed E-state index contributed by atoms with van der Waals surface area (Å²) in [5, 5.41) is 0.574. The molecule has 0 spiro atoms. The van der Waals surface area contributed by atoms with Crippen LogP contribution in [0, 0.1) is 0 Å². The summed E-state index contributed by atoms with van der Waals surface area (Å²) in [6, 6.07) is 23.1. The Hall–Kier alpha value is -3.51. The van der Waals surface area contributed by atoms with Crippen LogP contribution in [-0.2, 0) is 11.3 Å². The largest absolute Gasteiger partial charge is 0.493 e. The van der Waals surface area contributed by atoms with Crippen LogP contribution in [-0.4, -0.2) is 35.7 Å². The zero-order valence-electron chi connectivity index (χ0n) is 18.3. The number of amides is 1. The van der Waals surface area contributed by atoms with Crippen molar-refractivity contribution in [3.8, 4) is 11.5 Å². The molecule has 5 rings (SSSR count). The number of carbonyl (C=O) groups excluding carboxylic acids is 1. The SMILES string of the molecule is COc1ccccc1OCCn1c(C2CC(=O)N(c3ccccc3Cl)C2)nc2ccccc21. The number of hydrogen-bond acceptors (Lipinski definition) is 4. The summed E-state index contributed by atoms with van der Waals surface area (Å²) in [5.41, 5.74) is 2.68. The molecule has 0 radical (unpaired) electrons. The molecule has 0 saturated carbocycles. The van der Waals surface area contributed by atoms with E-state index < -0.39 is 0 Å². The molecule has 1 aliphatic rings. The quantitative estimate of drug-likeness (QED) is 0.375. The summed E-state index contributed by atoms with van der Waals surface area (Å²) in [6.45, 7) is 1.59. The van der Waals surface area contributed by atoms with Gasteiger partial charge in [-0.3, -0.25) is 4.79 Å². The predicted molar refractivity (Wildman–Crippen MR) is 129 cm³/mol. The molecule has 4 aromatic rings. The Morgan fingerprint density at radius 2 is 1.73 bits per heavy atom. The van der Waals surface area contributed by atoms with Crippen molar-refractivity contribution in [2.45, 2.75) is 18.9 Å². The van der Waals surface area contributed by atoms with E-state index in [-0.39, 0.29) is 11.8 Å². The summed E-state index contributed by atoms with van der Waals surface area (Å²) < 4.78 is 13.6. The van der Waals surface area contributed by atoms with Gasteiger partial charge in [-0.05, 0) is 36.4 Å². The van der Waals surface area contributed by atoms with Gasteiger partial charge in [-0.25, -0.2) is 4.98 Å². The van der Waals surface area contributed by atoms with Gasteiger partial charge in [-0.1, -0.05) is 48.0 Å². The lowest BCUT2D eigenvalue weighted by Crippen LogP contribution is -2.25. The number of benzene rings is 3. The Balaban J connectivity index is 1.41. The molecule has 1 fully saturated rings. The molecule has 33 heavy (non-hydrogen) atoms. The normalized spacial score (nSPS) is 15.9. The number of methoxy groups -OCH3 is 1. The molecule has 0 N–H and O–H groups in total. The number of aromatic nitrogens is 2. The fourth-order valence-corrected chi connectivity index (χ4v) is 4.65. The van der Waals surface area contributed by atoms with E-state index in [0.717, 1.165) is 22.5 Å². The fourth-order valence-electron chi connectivity index (χ4n) is 4.41. The van der Waals surface area contributed by atoms with Crippen molar-refractivity contribution in [1.29, 1.82) is 0 Å². The minimum atomic E-state index is -0.0348. The second-order valence-electron chi connectivity index (χ2n) is 7.97. The first-order valence-electron chi connectivity index (χ1n) is 10.9. The minimum Gasteiger partial charge on any atom is -0.493 e. The van der Waals surface area contributed by atoms with Gasteiger partial charge >= 0.3 is 0 Å². The van der Waals surface area contributed by atoms with Crippen LogP contribution in [0.3, 0.4) is 0 Å². The molecule has 0 aliphatic carbocycles. The number of rotatable bonds is 7. The third-order valence-corrected chi connectivity index (χ3v) is 6.28. The van der Waals surface area contributed by atoms with E-state index in [1.807, 2.05) is 66.7 Å². The Morgan fingerprint density at radius 3 is 2.55 bits per heavy atom. The smallest absolute Gasteiger partial charge is 0.227 e. The first-order chi connectivity index (χ1) is 16.2. The molecule has 1 aliphatic heterocycles. The summed E-state index contributed by atoms with van der Waals surface area (Å²) in [7, 11) is 1.63.